The molecule has 0 aromatic heterocycles. The number of aliphatic hydroxyl groups excluding tert-OH is 1. The van der Waals surface area contributed by atoms with Crippen molar-refractivity contribution in [3.63, 3.8) is 0 Å². The van der Waals surface area contributed by atoms with Crippen molar-refractivity contribution in [1.82, 2.24) is 9.62 Å². The molecular weight excluding hydrogens is 508 g/mol. The summed E-state index contributed by atoms with van der Waals surface area (Å²) in [5.74, 6) is 4.79. The fraction of sp³-hybridized carbons (Fsp3) is 0.321. The molecule has 0 fully saturated rings. The number of terminal acetylenes is 2. The number of carbonyl (C=O) groups is 1. The standard InChI is InChI=1S/C28H30N2O7S/c1-4-14-29-28(32)26-19-23(22-8-6-21(5-2)7-9-22)20-27(37-26)36-18-16-30(15-17-31)38(33,34)25-12-10-24(35-3)11-13-25/h1-2,6-13,19,23,27,31H,14-18,20H2,3H3,(H,29,32)/t23-,27+/m0/s1. The Bertz CT molecular complexity index is 1310. The summed E-state index contributed by atoms with van der Waals surface area (Å²) in [5.41, 5.74) is 1.64. The molecule has 0 spiro atoms. The molecule has 2 aromatic carbocycles. The maximum Gasteiger partial charge on any atom is 0.286 e. The van der Waals surface area contributed by atoms with Gasteiger partial charge in [0.05, 0.1) is 31.8 Å². The van der Waals surface area contributed by atoms with Crippen molar-refractivity contribution >= 4 is 15.9 Å². The van der Waals surface area contributed by atoms with Gasteiger partial charge in [-0.15, -0.1) is 12.8 Å². The number of benzene rings is 2. The van der Waals surface area contributed by atoms with E-state index in [9.17, 15) is 18.3 Å². The zero-order valence-electron chi connectivity index (χ0n) is 21.0. The van der Waals surface area contributed by atoms with Gasteiger partial charge in [0.2, 0.25) is 16.3 Å². The maximum absolute atomic E-state index is 13.1. The number of nitrogens with one attached hydrogen (secondary N) is 1. The van der Waals surface area contributed by atoms with E-state index in [2.05, 4.69) is 17.2 Å². The highest BCUT2D eigenvalue weighted by Crippen LogP contribution is 2.31. The molecule has 1 amide bonds. The Morgan fingerprint density at radius 1 is 1.16 bits per heavy atom. The van der Waals surface area contributed by atoms with Gasteiger partial charge < -0.3 is 24.6 Å². The summed E-state index contributed by atoms with van der Waals surface area (Å²) in [6.07, 6.45) is 11.9. The Hall–Kier alpha value is -3.80. The van der Waals surface area contributed by atoms with Gasteiger partial charge in [-0.1, -0.05) is 24.0 Å². The number of rotatable bonds is 12. The third-order valence-corrected chi connectivity index (χ3v) is 7.74. The number of nitrogens with zero attached hydrogens (tertiary/aromatic N) is 1. The quantitative estimate of drug-likeness (QED) is 0.397. The molecule has 2 N–H and O–H groups in total. The van der Waals surface area contributed by atoms with E-state index < -0.39 is 22.2 Å². The predicted octanol–water partition coefficient (Wildman–Crippen LogP) is 1.84. The number of amides is 1. The Morgan fingerprint density at radius 2 is 1.87 bits per heavy atom. The van der Waals surface area contributed by atoms with Crippen LogP contribution in [-0.2, 0) is 24.3 Å². The first-order valence-electron chi connectivity index (χ1n) is 11.9. The highest BCUT2D eigenvalue weighted by molar-refractivity contribution is 7.89. The molecule has 2 aromatic rings. The smallest absolute Gasteiger partial charge is 0.286 e. The van der Waals surface area contributed by atoms with Crippen LogP contribution in [0.3, 0.4) is 0 Å². The van der Waals surface area contributed by atoms with Crippen molar-refractivity contribution in [3.05, 3.63) is 71.5 Å². The van der Waals surface area contributed by atoms with Crippen LogP contribution in [0.2, 0.25) is 0 Å². The SMILES string of the molecule is C#CCNC(=O)C1=C[C@H](c2ccc(C#C)cc2)C[C@H](OCCN(CCO)S(=O)(=O)c2ccc(OC)cc2)O1. The van der Waals surface area contributed by atoms with E-state index >= 15 is 0 Å². The molecule has 9 nitrogen and oxygen atoms in total. The lowest BCUT2D eigenvalue weighted by Crippen LogP contribution is -2.38. The number of ether oxygens (including phenoxy) is 3. The van der Waals surface area contributed by atoms with Crippen molar-refractivity contribution < 1.29 is 32.5 Å². The molecule has 0 bridgehead atoms. The van der Waals surface area contributed by atoms with Crippen LogP contribution in [0.15, 0.2) is 65.3 Å². The number of allylic oxidation sites excluding steroid dienone is 1. The highest BCUT2D eigenvalue weighted by atomic mass is 32.2. The van der Waals surface area contributed by atoms with Gasteiger partial charge in [-0.25, -0.2) is 8.42 Å². The predicted molar refractivity (Wildman–Crippen MR) is 141 cm³/mol. The summed E-state index contributed by atoms with van der Waals surface area (Å²) >= 11 is 0. The van der Waals surface area contributed by atoms with E-state index in [1.165, 1.54) is 19.2 Å². The number of sulfonamides is 1. The van der Waals surface area contributed by atoms with Crippen molar-refractivity contribution in [2.24, 2.45) is 0 Å². The number of aliphatic hydroxyl groups is 1. The Labute approximate surface area is 223 Å². The molecule has 0 saturated carbocycles. The number of methoxy groups -OCH3 is 1. The summed E-state index contributed by atoms with van der Waals surface area (Å²) < 4.78 is 44.1. The van der Waals surface area contributed by atoms with Gasteiger partial charge in [-0.3, -0.25) is 4.79 Å². The lowest BCUT2D eigenvalue weighted by molar-refractivity contribution is -0.146. The minimum absolute atomic E-state index is 0.0337. The minimum atomic E-state index is -3.90. The first-order chi connectivity index (χ1) is 18.3. The van der Waals surface area contributed by atoms with Gasteiger partial charge in [0, 0.05) is 31.0 Å². The first kappa shape index (κ1) is 28.8. The second-order valence-corrected chi connectivity index (χ2v) is 10.2. The molecule has 2 atom stereocenters. The van der Waals surface area contributed by atoms with E-state index in [1.807, 2.05) is 24.3 Å². The minimum Gasteiger partial charge on any atom is -0.497 e. The van der Waals surface area contributed by atoms with Crippen molar-refractivity contribution in [3.8, 4) is 30.4 Å². The van der Waals surface area contributed by atoms with Gasteiger partial charge >= 0.3 is 0 Å². The molecule has 38 heavy (non-hydrogen) atoms. The molecule has 0 radical (unpaired) electrons. The van der Waals surface area contributed by atoms with Crippen LogP contribution in [0.5, 0.6) is 5.75 Å². The summed E-state index contributed by atoms with van der Waals surface area (Å²) in [6, 6.07) is 13.3. The number of hydrogen-bond acceptors (Lipinski definition) is 7. The zero-order chi connectivity index (χ0) is 27.5. The molecule has 0 unspecified atom stereocenters. The second kappa shape index (κ2) is 13.7. The fourth-order valence-corrected chi connectivity index (χ4v) is 5.26. The van der Waals surface area contributed by atoms with Gasteiger partial charge in [-0.05, 0) is 48.0 Å². The molecule has 0 aliphatic carbocycles. The van der Waals surface area contributed by atoms with Crippen LogP contribution in [0.1, 0.15) is 23.5 Å². The van der Waals surface area contributed by atoms with E-state index in [0.29, 0.717) is 12.2 Å². The average molecular weight is 539 g/mol. The van der Waals surface area contributed by atoms with Crippen LogP contribution in [0.25, 0.3) is 0 Å². The lowest BCUT2D eigenvalue weighted by atomic mass is 9.92. The summed E-state index contributed by atoms with van der Waals surface area (Å²) in [4.78, 5) is 12.6. The second-order valence-electron chi connectivity index (χ2n) is 8.25. The Morgan fingerprint density at radius 3 is 2.47 bits per heavy atom. The topological polar surface area (TPSA) is 114 Å². The molecular formula is C28H30N2O7S. The van der Waals surface area contributed by atoms with Crippen LogP contribution >= 0.6 is 0 Å². The van der Waals surface area contributed by atoms with E-state index in [0.717, 1.165) is 15.4 Å². The molecule has 10 heteroatoms. The maximum atomic E-state index is 13.1. The number of hydrogen-bond donors (Lipinski definition) is 2. The number of carbonyl (C=O) groups excluding carboxylic acids is 1. The largest absolute Gasteiger partial charge is 0.497 e. The van der Waals surface area contributed by atoms with Crippen molar-refractivity contribution in [2.45, 2.75) is 23.5 Å². The third-order valence-electron chi connectivity index (χ3n) is 5.83. The van der Waals surface area contributed by atoms with Gasteiger partial charge in [0.1, 0.15) is 5.75 Å². The van der Waals surface area contributed by atoms with Gasteiger partial charge in [-0.2, -0.15) is 4.31 Å². The van der Waals surface area contributed by atoms with Crippen LogP contribution in [-0.4, -0.2) is 70.0 Å². The monoisotopic (exact) mass is 538 g/mol. The van der Waals surface area contributed by atoms with Crippen molar-refractivity contribution in [2.75, 3.05) is 40.0 Å². The summed E-state index contributed by atoms with van der Waals surface area (Å²) in [6.45, 7) is -0.535. The average Bonchev–Trinajstić information content (AvgIpc) is 2.95. The van der Waals surface area contributed by atoms with Crippen LogP contribution < -0.4 is 10.1 Å². The molecule has 0 saturated heterocycles. The molecule has 1 heterocycles. The van der Waals surface area contributed by atoms with E-state index in [-0.39, 0.29) is 49.4 Å². The summed E-state index contributed by atoms with van der Waals surface area (Å²) in [7, 11) is -2.41. The van der Waals surface area contributed by atoms with Gasteiger partial charge in [0.15, 0.2) is 5.76 Å². The van der Waals surface area contributed by atoms with Crippen LogP contribution in [0.4, 0.5) is 0 Å². The molecule has 3 rings (SSSR count). The van der Waals surface area contributed by atoms with E-state index in [1.54, 1.807) is 18.2 Å². The Kier molecular flexibility index (Phi) is 10.3. The van der Waals surface area contributed by atoms with E-state index in [4.69, 9.17) is 27.1 Å². The van der Waals surface area contributed by atoms with Crippen LogP contribution in [0, 0.1) is 24.7 Å². The Balaban J connectivity index is 1.72. The fourth-order valence-electron chi connectivity index (χ4n) is 3.84. The molecule has 200 valence electrons. The normalized spacial score (nSPS) is 17.0. The third kappa shape index (κ3) is 7.37. The van der Waals surface area contributed by atoms with Gasteiger partial charge in [0.25, 0.3) is 5.91 Å². The molecule has 1 aliphatic heterocycles. The lowest BCUT2D eigenvalue weighted by Gasteiger charge is -2.30. The highest BCUT2D eigenvalue weighted by Gasteiger charge is 2.30. The first-order valence-corrected chi connectivity index (χ1v) is 13.3. The summed E-state index contributed by atoms with van der Waals surface area (Å²) in [5, 5.41) is 12.0. The zero-order valence-corrected chi connectivity index (χ0v) is 21.8. The molecule has 1 aliphatic rings. The van der Waals surface area contributed by atoms with Crippen molar-refractivity contribution in [1.29, 1.82) is 0 Å².